The van der Waals surface area contributed by atoms with Crippen molar-refractivity contribution in [3.63, 3.8) is 0 Å². The summed E-state index contributed by atoms with van der Waals surface area (Å²) < 4.78 is 0. The first-order valence-corrected chi connectivity index (χ1v) is 14.4. The van der Waals surface area contributed by atoms with Gasteiger partial charge in [0, 0.05) is 24.2 Å². The lowest BCUT2D eigenvalue weighted by molar-refractivity contribution is -0.125. The minimum absolute atomic E-state index is 0.0854. The Labute approximate surface area is 238 Å². The van der Waals surface area contributed by atoms with E-state index in [1.165, 1.54) is 22.2 Å². The van der Waals surface area contributed by atoms with Crippen molar-refractivity contribution in [3.05, 3.63) is 95.6 Å². The molecule has 2 N–H and O–H groups in total. The molecule has 3 aromatic rings. The van der Waals surface area contributed by atoms with Crippen molar-refractivity contribution in [1.82, 2.24) is 10.2 Å². The highest BCUT2D eigenvalue weighted by Crippen LogP contribution is 2.34. The molecule has 0 fully saturated rings. The Morgan fingerprint density at radius 2 is 1.68 bits per heavy atom. The van der Waals surface area contributed by atoms with Gasteiger partial charge in [0.15, 0.2) is 5.17 Å². The molecule has 1 atom stereocenters. The quantitative estimate of drug-likeness (QED) is 0.379. The Hall–Kier alpha value is -4.24. The number of para-hydroxylation sites is 1. The molecule has 9 heteroatoms. The second-order valence-corrected chi connectivity index (χ2v) is 10.5. The summed E-state index contributed by atoms with van der Waals surface area (Å²) in [5, 5.41) is 6.24. The number of carbonyl (C=O) groups is 3. The van der Waals surface area contributed by atoms with Crippen LogP contribution in [-0.4, -0.2) is 52.0 Å². The van der Waals surface area contributed by atoms with E-state index in [-0.39, 0.29) is 29.9 Å². The molecule has 0 saturated carbocycles. The molecule has 204 valence electrons. The van der Waals surface area contributed by atoms with Gasteiger partial charge in [0.05, 0.1) is 11.4 Å². The van der Waals surface area contributed by atoms with E-state index >= 15 is 0 Å². The number of nitrogens with one attached hydrogen (secondary N) is 2. The molecule has 0 spiro atoms. The second kappa shape index (κ2) is 12.7. The van der Waals surface area contributed by atoms with Gasteiger partial charge in [0.2, 0.25) is 11.8 Å². The van der Waals surface area contributed by atoms with E-state index in [1.54, 1.807) is 0 Å². The van der Waals surface area contributed by atoms with Crippen LogP contribution in [0.1, 0.15) is 36.5 Å². The van der Waals surface area contributed by atoms with Crippen LogP contribution in [0.3, 0.4) is 0 Å². The van der Waals surface area contributed by atoms with E-state index in [0.717, 1.165) is 29.7 Å². The molecule has 2 heterocycles. The van der Waals surface area contributed by atoms with Gasteiger partial charge in [0.25, 0.3) is 5.91 Å². The lowest BCUT2D eigenvalue weighted by atomic mass is 10.1. The summed E-state index contributed by atoms with van der Waals surface area (Å²) in [4.78, 5) is 49.5. The number of carbonyl (C=O) groups excluding carboxylic acids is 3. The molecule has 8 nitrogen and oxygen atoms in total. The zero-order valence-corrected chi connectivity index (χ0v) is 23.1. The first kappa shape index (κ1) is 27.3. The normalized spacial score (nSPS) is 15.6. The summed E-state index contributed by atoms with van der Waals surface area (Å²) in [7, 11) is 0. The fourth-order valence-corrected chi connectivity index (χ4v) is 5.39. The van der Waals surface area contributed by atoms with E-state index in [2.05, 4.69) is 22.5 Å². The Balaban J connectivity index is 1.20. The summed E-state index contributed by atoms with van der Waals surface area (Å²) in [6, 6.07) is 24.5. The van der Waals surface area contributed by atoms with Gasteiger partial charge in [-0.25, -0.2) is 9.89 Å². The summed E-state index contributed by atoms with van der Waals surface area (Å²) in [6.45, 7) is 2.62. The highest BCUT2D eigenvalue weighted by Gasteiger charge is 2.41. The second-order valence-electron chi connectivity index (χ2n) is 9.57. The molecule has 0 aromatic heterocycles. The van der Waals surface area contributed by atoms with E-state index in [0.29, 0.717) is 29.7 Å². The molecular formula is C31H31N5O3S. The van der Waals surface area contributed by atoms with E-state index in [1.807, 2.05) is 78.9 Å². The lowest BCUT2D eigenvalue weighted by Gasteiger charge is -2.25. The monoisotopic (exact) mass is 553 g/mol. The molecular weight excluding hydrogens is 522 g/mol. The average Bonchev–Trinajstić information content (AvgIpc) is 3.32. The van der Waals surface area contributed by atoms with Crippen molar-refractivity contribution >= 4 is 51.9 Å². The first-order valence-electron chi connectivity index (χ1n) is 13.4. The number of fused-ring (bicyclic) bond motifs is 3. The number of aliphatic imine (C=N–C) groups is 2. The maximum absolute atomic E-state index is 13.5. The predicted molar refractivity (Wildman–Crippen MR) is 160 cm³/mol. The number of hydrogen-bond donors (Lipinski definition) is 2. The molecule has 3 amide bonds. The van der Waals surface area contributed by atoms with Crippen LogP contribution >= 0.6 is 11.8 Å². The highest BCUT2D eigenvalue weighted by molar-refractivity contribution is 8.14. The zero-order valence-electron chi connectivity index (χ0n) is 22.3. The number of thioether (sulfide) groups is 1. The summed E-state index contributed by atoms with van der Waals surface area (Å²) in [5.41, 5.74) is 4.53. The molecule has 3 aromatic carbocycles. The van der Waals surface area contributed by atoms with Crippen LogP contribution < -0.4 is 10.6 Å². The summed E-state index contributed by atoms with van der Waals surface area (Å²) >= 11 is 1.19. The largest absolute Gasteiger partial charge is 0.356 e. The van der Waals surface area contributed by atoms with Gasteiger partial charge in [-0.2, -0.15) is 0 Å². The van der Waals surface area contributed by atoms with Crippen LogP contribution in [0.25, 0.3) is 0 Å². The van der Waals surface area contributed by atoms with Gasteiger partial charge in [-0.1, -0.05) is 73.3 Å². The van der Waals surface area contributed by atoms with Crippen LogP contribution in [0, 0.1) is 0 Å². The Morgan fingerprint density at radius 3 is 2.45 bits per heavy atom. The van der Waals surface area contributed by atoms with Gasteiger partial charge >= 0.3 is 0 Å². The van der Waals surface area contributed by atoms with Crippen molar-refractivity contribution in [2.24, 2.45) is 9.98 Å². The van der Waals surface area contributed by atoms with E-state index < -0.39 is 6.04 Å². The number of nitrogens with zero attached hydrogens (tertiary/aromatic N) is 3. The molecule has 5 rings (SSSR count). The Kier molecular flexibility index (Phi) is 8.71. The molecule has 0 unspecified atom stereocenters. The maximum Gasteiger partial charge on any atom is 0.259 e. The minimum Gasteiger partial charge on any atom is -0.356 e. The lowest BCUT2D eigenvalue weighted by Crippen LogP contribution is -2.41. The highest BCUT2D eigenvalue weighted by atomic mass is 32.2. The summed E-state index contributed by atoms with van der Waals surface area (Å²) in [5.74, 6) is 0.0690. The third kappa shape index (κ3) is 6.48. The number of anilines is 1. The molecule has 0 saturated heterocycles. The van der Waals surface area contributed by atoms with Crippen molar-refractivity contribution in [1.29, 1.82) is 0 Å². The van der Waals surface area contributed by atoms with Crippen molar-refractivity contribution < 1.29 is 14.4 Å². The molecule has 0 aliphatic carbocycles. The van der Waals surface area contributed by atoms with Crippen LogP contribution in [0.15, 0.2) is 88.8 Å². The minimum atomic E-state index is -0.683. The van der Waals surface area contributed by atoms with Crippen molar-refractivity contribution in [3.8, 4) is 0 Å². The average molecular weight is 554 g/mol. The number of aryl methyl sites for hydroxylation is 1. The SMILES string of the molecule is CCc1ccc(NC(=O)CSC2=Nc3ccccc3C3=N[C@H](CCC(=O)NCCc4ccccc4)C(=O)N23)cc1. The molecule has 40 heavy (non-hydrogen) atoms. The number of amidine groups is 2. The number of rotatable bonds is 10. The summed E-state index contributed by atoms with van der Waals surface area (Å²) in [6.07, 6.45) is 2.16. The molecule has 0 bridgehead atoms. The standard InChI is InChI=1S/C31H31N5O3S/c1-2-21-12-14-23(15-13-21)33-28(38)20-40-31-35-25-11-7-6-10-24(25)29-34-26(30(39)36(29)31)16-17-27(37)32-19-18-22-8-4-3-5-9-22/h3-15,26H,2,16-20H2,1H3,(H,32,37)(H,33,38)/t26-/m1/s1. The van der Waals surface area contributed by atoms with Gasteiger partial charge in [0.1, 0.15) is 11.9 Å². The number of amides is 3. The Morgan fingerprint density at radius 1 is 0.925 bits per heavy atom. The smallest absolute Gasteiger partial charge is 0.259 e. The fourth-order valence-electron chi connectivity index (χ4n) is 4.59. The fraction of sp³-hybridized carbons (Fsp3) is 0.258. The van der Waals surface area contributed by atoms with Crippen molar-refractivity contribution in [2.45, 2.75) is 38.6 Å². The number of hydrogen-bond acceptors (Lipinski definition) is 6. The number of benzene rings is 3. The molecule has 0 radical (unpaired) electrons. The van der Waals surface area contributed by atoms with Gasteiger partial charge in [-0.3, -0.25) is 19.4 Å². The topological polar surface area (TPSA) is 103 Å². The van der Waals surface area contributed by atoms with Gasteiger partial charge < -0.3 is 10.6 Å². The zero-order chi connectivity index (χ0) is 27.9. The third-order valence-electron chi connectivity index (χ3n) is 6.75. The Bertz CT molecular complexity index is 1450. The third-order valence-corrected chi connectivity index (χ3v) is 7.69. The van der Waals surface area contributed by atoms with Crippen molar-refractivity contribution in [2.75, 3.05) is 17.6 Å². The van der Waals surface area contributed by atoms with Gasteiger partial charge in [-0.15, -0.1) is 0 Å². The predicted octanol–water partition coefficient (Wildman–Crippen LogP) is 4.72. The van der Waals surface area contributed by atoms with Crippen LogP contribution in [0.5, 0.6) is 0 Å². The van der Waals surface area contributed by atoms with Gasteiger partial charge in [-0.05, 0) is 54.7 Å². The van der Waals surface area contributed by atoms with E-state index in [9.17, 15) is 14.4 Å². The van der Waals surface area contributed by atoms with Crippen LogP contribution in [0.4, 0.5) is 11.4 Å². The van der Waals surface area contributed by atoms with E-state index in [4.69, 9.17) is 4.99 Å². The molecule has 2 aliphatic rings. The van der Waals surface area contributed by atoms with Crippen LogP contribution in [0.2, 0.25) is 0 Å². The maximum atomic E-state index is 13.5. The van der Waals surface area contributed by atoms with Crippen LogP contribution in [-0.2, 0) is 27.2 Å². The molecule has 2 aliphatic heterocycles. The first-order chi connectivity index (χ1) is 19.5.